The third kappa shape index (κ3) is 7.40. The van der Waals surface area contributed by atoms with E-state index in [1.165, 1.54) is 0 Å². The van der Waals surface area contributed by atoms with E-state index in [0.29, 0.717) is 49.6 Å². The molecule has 1 atom stereocenters. The number of rotatable bonds is 10. The van der Waals surface area contributed by atoms with Crippen LogP contribution in [0.2, 0.25) is 0 Å². The maximum atomic E-state index is 12.9. The summed E-state index contributed by atoms with van der Waals surface area (Å²) in [4.78, 5) is 39.4. The van der Waals surface area contributed by atoms with Crippen molar-refractivity contribution in [2.24, 2.45) is 11.7 Å². The highest BCUT2D eigenvalue weighted by Gasteiger charge is 2.24. The molecule has 0 bridgehead atoms. The lowest BCUT2D eigenvalue weighted by Crippen LogP contribution is -2.49. The number of anilines is 1. The molecule has 9 nitrogen and oxygen atoms in total. The number of nitrogens with one attached hydrogen (secondary N) is 4. The van der Waals surface area contributed by atoms with Gasteiger partial charge < -0.3 is 26.6 Å². The molecule has 0 radical (unpaired) electrons. The van der Waals surface area contributed by atoms with E-state index in [-0.39, 0.29) is 24.2 Å². The predicted molar refractivity (Wildman–Crippen MR) is 125 cm³/mol. The molecule has 1 saturated heterocycles. The molecule has 1 aliphatic rings. The highest BCUT2D eigenvalue weighted by atomic mass is 16.2. The molecule has 1 aliphatic heterocycles. The number of guanidine groups is 1. The summed E-state index contributed by atoms with van der Waals surface area (Å²) in [6, 6.07) is 5.96. The van der Waals surface area contributed by atoms with Gasteiger partial charge in [0.2, 0.25) is 11.8 Å². The zero-order chi connectivity index (χ0) is 23.5. The molecular weight excluding hydrogens is 408 g/mol. The van der Waals surface area contributed by atoms with E-state index in [0.717, 1.165) is 12.8 Å². The largest absolute Gasteiger partial charge is 0.370 e. The third-order valence-electron chi connectivity index (χ3n) is 5.47. The van der Waals surface area contributed by atoms with Crippen LogP contribution in [0.5, 0.6) is 0 Å². The number of nitrogens with two attached hydrogens (primary N) is 1. The lowest BCUT2D eigenvalue weighted by atomic mass is 9.97. The molecule has 2 rings (SSSR count). The summed E-state index contributed by atoms with van der Waals surface area (Å²) in [5.74, 6) is -0.505. The predicted octanol–water partition coefficient (Wildman–Crippen LogP) is 1.82. The van der Waals surface area contributed by atoms with E-state index < -0.39 is 11.9 Å². The number of hydrogen-bond acceptors (Lipinski definition) is 4. The van der Waals surface area contributed by atoms with Crippen LogP contribution in [-0.2, 0) is 9.59 Å². The van der Waals surface area contributed by atoms with Gasteiger partial charge in [-0.15, -0.1) is 6.58 Å². The van der Waals surface area contributed by atoms with Crippen molar-refractivity contribution in [3.05, 3.63) is 42.5 Å². The molecular formula is C23H34N6O3. The molecule has 1 fully saturated rings. The van der Waals surface area contributed by atoms with E-state index in [1.807, 2.05) is 11.8 Å². The fourth-order valence-electron chi connectivity index (χ4n) is 3.61. The number of carbonyl (C=O) groups is 3. The van der Waals surface area contributed by atoms with E-state index in [1.54, 1.807) is 30.3 Å². The Labute approximate surface area is 189 Å². The maximum absolute atomic E-state index is 12.9. The van der Waals surface area contributed by atoms with Crippen molar-refractivity contribution in [3.63, 3.8) is 0 Å². The first-order valence-electron chi connectivity index (χ1n) is 11.0. The van der Waals surface area contributed by atoms with Crippen LogP contribution in [0.3, 0.4) is 0 Å². The molecule has 0 saturated carbocycles. The Balaban J connectivity index is 1.96. The SMILES string of the molecule is C=CCC(NC(=O)c1ccccc1NC(=O)CCC)C(=O)NCC1CCN(C(=N)N)CC1. The fourth-order valence-corrected chi connectivity index (χ4v) is 3.61. The van der Waals surface area contributed by atoms with Gasteiger partial charge in [0.1, 0.15) is 6.04 Å². The first kappa shape index (κ1) is 24.9. The molecule has 0 spiro atoms. The minimum atomic E-state index is -0.767. The van der Waals surface area contributed by atoms with Crippen LogP contribution in [0, 0.1) is 11.3 Å². The van der Waals surface area contributed by atoms with Gasteiger partial charge in [-0.2, -0.15) is 0 Å². The molecule has 1 unspecified atom stereocenters. The summed E-state index contributed by atoms with van der Waals surface area (Å²) in [5, 5.41) is 15.9. The Morgan fingerprint density at radius 2 is 1.97 bits per heavy atom. The number of para-hydroxylation sites is 1. The average Bonchev–Trinajstić information content (AvgIpc) is 2.77. The van der Waals surface area contributed by atoms with Gasteiger partial charge >= 0.3 is 0 Å². The van der Waals surface area contributed by atoms with E-state index in [9.17, 15) is 14.4 Å². The molecule has 3 amide bonds. The lowest BCUT2D eigenvalue weighted by molar-refractivity contribution is -0.123. The minimum Gasteiger partial charge on any atom is -0.370 e. The van der Waals surface area contributed by atoms with Crippen LogP contribution in [0.4, 0.5) is 5.69 Å². The molecule has 6 N–H and O–H groups in total. The molecule has 0 aliphatic carbocycles. The Hall–Kier alpha value is -3.36. The van der Waals surface area contributed by atoms with Crippen molar-refractivity contribution < 1.29 is 14.4 Å². The summed E-state index contributed by atoms with van der Waals surface area (Å²) < 4.78 is 0. The fraction of sp³-hybridized carbons (Fsp3) is 0.478. The summed E-state index contributed by atoms with van der Waals surface area (Å²) in [6.45, 7) is 7.49. The van der Waals surface area contributed by atoms with Gasteiger partial charge in [0.05, 0.1) is 11.3 Å². The standard InChI is InChI=1S/C23H34N6O3/c1-3-7-19(22(32)26-15-16-11-13-29(14-12-16)23(24)25)28-21(31)17-9-5-6-10-18(17)27-20(30)8-4-2/h3,5-6,9-10,16,19H,1,4,7-8,11-15H2,2H3,(H3,24,25)(H,26,32)(H,27,30)(H,28,31). The van der Waals surface area contributed by atoms with Gasteiger partial charge in [-0.3, -0.25) is 19.8 Å². The van der Waals surface area contributed by atoms with Crippen LogP contribution >= 0.6 is 0 Å². The molecule has 1 aromatic rings. The Bertz CT molecular complexity index is 833. The van der Waals surface area contributed by atoms with Crippen molar-refractivity contribution in [2.45, 2.75) is 45.1 Å². The lowest BCUT2D eigenvalue weighted by Gasteiger charge is -2.32. The summed E-state index contributed by atoms with van der Waals surface area (Å²) in [7, 11) is 0. The van der Waals surface area contributed by atoms with Crippen LogP contribution in [-0.4, -0.2) is 54.3 Å². The van der Waals surface area contributed by atoms with Crippen molar-refractivity contribution in [3.8, 4) is 0 Å². The van der Waals surface area contributed by atoms with Gasteiger partial charge in [0.25, 0.3) is 5.91 Å². The monoisotopic (exact) mass is 442 g/mol. The number of piperidine rings is 1. The van der Waals surface area contributed by atoms with Crippen molar-refractivity contribution >= 4 is 29.4 Å². The Morgan fingerprint density at radius 3 is 2.59 bits per heavy atom. The van der Waals surface area contributed by atoms with E-state index in [2.05, 4.69) is 22.5 Å². The average molecular weight is 443 g/mol. The Kier molecular flexibility index (Phi) is 9.72. The zero-order valence-corrected chi connectivity index (χ0v) is 18.7. The summed E-state index contributed by atoms with van der Waals surface area (Å²) in [6.07, 6.45) is 4.61. The van der Waals surface area contributed by atoms with Crippen molar-refractivity contribution in [1.82, 2.24) is 15.5 Å². The van der Waals surface area contributed by atoms with E-state index in [4.69, 9.17) is 11.1 Å². The second-order valence-corrected chi connectivity index (χ2v) is 7.96. The van der Waals surface area contributed by atoms with E-state index >= 15 is 0 Å². The third-order valence-corrected chi connectivity index (χ3v) is 5.47. The van der Waals surface area contributed by atoms with Crippen LogP contribution in [0.1, 0.15) is 49.4 Å². The molecule has 1 heterocycles. The number of benzene rings is 1. The van der Waals surface area contributed by atoms with Gasteiger partial charge in [-0.1, -0.05) is 25.1 Å². The van der Waals surface area contributed by atoms with Crippen molar-refractivity contribution in [2.75, 3.05) is 25.0 Å². The maximum Gasteiger partial charge on any atom is 0.254 e. The first-order valence-corrected chi connectivity index (χ1v) is 11.0. The van der Waals surface area contributed by atoms with Crippen LogP contribution in [0.25, 0.3) is 0 Å². The highest BCUT2D eigenvalue weighted by molar-refractivity contribution is 6.05. The number of likely N-dealkylation sites (tertiary alicyclic amines) is 1. The zero-order valence-electron chi connectivity index (χ0n) is 18.7. The number of hydrogen-bond donors (Lipinski definition) is 5. The molecule has 9 heteroatoms. The second-order valence-electron chi connectivity index (χ2n) is 7.96. The van der Waals surface area contributed by atoms with Crippen LogP contribution in [0.15, 0.2) is 36.9 Å². The smallest absolute Gasteiger partial charge is 0.254 e. The topological polar surface area (TPSA) is 140 Å². The quantitative estimate of drug-likeness (QED) is 0.214. The second kappa shape index (κ2) is 12.5. The molecule has 0 aromatic heterocycles. The van der Waals surface area contributed by atoms with Crippen LogP contribution < -0.4 is 21.7 Å². The molecule has 32 heavy (non-hydrogen) atoms. The first-order chi connectivity index (χ1) is 15.3. The Morgan fingerprint density at radius 1 is 1.28 bits per heavy atom. The number of nitrogens with zero attached hydrogens (tertiary/aromatic N) is 1. The van der Waals surface area contributed by atoms with Gasteiger partial charge in [0, 0.05) is 26.1 Å². The normalized spacial score (nSPS) is 14.8. The van der Waals surface area contributed by atoms with Gasteiger partial charge in [0.15, 0.2) is 5.96 Å². The molecule has 1 aromatic carbocycles. The summed E-state index contributed by atoms with van der Waals surface area (Å²) >= 11 is 0. The number of amides is 3. The number of carbonyl (C=O) groups excluding carboxylic acids is 3. The minimum absolute atomic E-state index is 0.0763. The molecule has 174 valence electrons. The summed E-state index contributed by atoms with van der Waals surface area (Å²) in [5.41, 5.74) is 6.24. The van der Waals surface area contributed by atoms with Gasteiger partial charge in [-0.25, -0.2) is 0 Å². The van der Waals surface area contributed by atoms with Gasteiger partial charge in [-0.05, 0) is 43.7 Å². The van der Waals surface area contributed by atoms with Crippen molar-refractivity contribution in [1.29, 1.82) is 5.41 Å². The highest BCUT2D eigenvalue weighted by Crippen LogP contribution is 2.17.